The van der Waals surface area contributed by atoms with Crippen molar-refractivity contribution >= 4 is 22.4 Å². The Morgan fingerprint density at radius 1 is 1.19 bits per heavy atom. The van der Waals surface area contributed by atoms with E-state index in [9.17, 15) is 13.4 Å². The third-order valence-corrected chi connectivity index (χ3v) is 4.04. The lowest BCUT2D eigenvalue weighted by atomic mass is 10.2. The van der Waals surface area contributed by atoms with Crippen molar-refractivity contribution < 1.29 is 13.4 Å². The van der Waals surface area contributed by atoms with Crippen molar-refractivity contribution in [3.05, 3.63) is 59.9 Å². The third kappa shape index (κ3) is 4.68. The molecule has 6 heteroatoms. The van der Waals surface area contributed by atoms with Crippen LogP contribution in [0.15, 0.2) is 53.4 Å². The van der Waals surface area contributed by atoms with E-state index in [1.807, 2.05) is 30.3 Å². The molecule has 0 saturated carbocycles. The summed E-state index contributed by atoms with van der Waals surface area (Å²) in [5.41, 5.74) is 6.62. The van der Waals surface area contributed by atoms with Crippen molar-refractivity contribution in [2.24, 2.45) is 0 Å². The van der Waals surface area contributed by atoms with Crippen molar-refractivity contribution in [1.29, 1.82) is 0 Å². The maximum atomic E-state index is 13.2. The molecule has 0 saturated heterocycles. The van der Waals surface area contributed by atoms with Crippen LogP contribution >= 0.6 is 0 Å². The molecule has 1 unspecified atom stereocenters. The van der Waals surface area contributed by atoms with Gasteiger partial charge < -0.3 is 11.1 Å². The van der Waals surface area contributed by atoms with Crippen LogP contribution in [0.25, 0.3) is 0 Å². The molecule has 3 N–H and O–H groups in total. The van der Waals surface area contributed by atoms with E-state index >= 15 is 0 Å². The van der Waals surface area contributed by atoms with Gasteiger partial charge in [-0.05, 0) is 23.8 Å². The molecule has 0 fully saturated rings. The van der Waals surface area contributed by atoms with E-state index in [1.54, 1.807) is 0 Å². The van der Waals surface area contributed by atoms with E-state index in [4.69, 9.17) is 5.73 Å². The number of hydrogen-bond acceptors (Lipinski definition) is 3. The van der Waals surface area contributed by atoms with Crippen molar-refractivity contribution in [3.63, 3.8) is 0 Å². The van der Waals surface area contributed by atoms with E-state index in [0.717, 1.165) is 17.7 Å². The lowest BCUT2D eigenvalue weighted by Gasteiger charge is -2.06. The van der Waals surface area contributed by atoms with Crippen molar-refractivity contribution in [3.8, 4) is 0 Å². The minimum Gasteiger partial charge on any atom is -0.399 e. The van der Waals surface area contributed by atoms with E-state index in [1.165, 1.54) is 6.07 Å². The molecular weight excluding hydrogens is 291 g/mol. The minimum absolute atomic E-state index is 0.183. The average molecular weight is 306 g/mol. The number of anilines is 1. The van der Waals surface area contributed by atoms with Gasteiger partial charge >= 0.3 is 0 Å². The number of nitrogens with one attached hydrogen (secondary N) is 1. The van der Waals surface area contributed by atoms with Gasteiger partial charge in [-0.15, -0.1) is 0 Å². The Morgan fingerprint density at radius 2 is 1.90 bits per heavy atom. The first-order valence-corrected chi connectivity index (χ1v) is 7.61. The number of amides is 1. The Labute approximate surface area is 124 Å². The summed E-state index contributed by atoms with van der Waals surface area (Å²) in [4.78, 5) is 12.0. The smallest absolute Gasteiger partial charge is 0.233 e. The maximum Gasteiger partial charge on any atom is 0.233 e. The van der Waals surface area contributed by atoms with Gasteiger partial charge in [0.2, 0.25) is 5.91 Å². The van der Waals surface area contributed by atoms with Gasteiger partial charge in [0.1, 0.15) is 11.6 Å². The monoisotopic (exact) mass is 306 g/mol. The van der Waals surface area contributed by atoms with Crippen LogP contribution in [0, 0.1) is 5.82 Å². The Hall–Kier alpha value is -2.21. The van der Waals surface area contributed by atoms with Gasteiger partial charge in [0, 0.05) is 17.1 Å². The predicted octanol–water partition coefficient (Wildman–Crippen LogP) is 1.83. The second-order valence-electron chi connectivity index (χ2n) is 4.47. The number of halogens is 1. The highest BCUT2D eigenvalue weighted by Gasteiger charge is 2.11. The number of rotatable bonds is 5. The third-order valence-electron chi connectivity index (χ3n) is 2.75. The van der Waals surface area contributed by atoms with Crippen LogP contribution in [0.3, 0.4) is 0 Å². The summed E-state index contributed by atoms with van der Waals surface area (Å²) in [6, 6.07) is 13.0. The molecule has 0 bridgehead atoms. The topological polar surface area (TPSA) is 72.2 Å². The average Bonchev–Trinajstić information content (AvgIpc) is 2.45. The summed E-state index contributed by atoms with van der Waals surface area (Å²) in [7, 11) is -1.62. The predicted molar refractivity (Wildman–Crippen MR) is 80.4 cm³/mol. The van der Waals surface area contributed by atoms with Gasteiger partial charge in [0.05, 0.1) is 10.8 Å². The van der Waals surface area contributed by atoms with Gasteiger partial charge in [-0.25, -0.2) is 4.39 Å². The molecule has 21 heavy (non-hydrogen) atoms. The van der Waals surface area contributed by atoms with Crippen LogP contribution in [0.4, 0.5) is 10.1 Å². The fourth-order valence-electron chi connectivity index (χ4n) is 1.77. The molecule has 0 radical (unpaired) electrons. The second kappa shape index (κ2) is 6.99. The summed E-state index contributed by atoms with van der Waals surface area (Å²) in [6.07, 6.45) is 0. The zero-order valence-corrected chi connectivity index (χ0v) is 12.0. The second-order valence-corrected chi connectivity index (χ2v) is 5.92. The molecule has 2 rings (SSSR count). The minimum atomic E-state index is -1.62. The number of carbonyl (C=O) groups excluding carboxylic acids is 1. The SMILES string of the molecule is Nc1cc(F)cc(S(=O)CC(=O)NCc2ccccc2)c1. The summed E-state index contributed by atoms with van der Waals surface area (Å²) < 4.78 is 25.2. The van der Waals surface area contributed by atoms with Crippen molar-refractivity contribution in [2.75, 3.05) is 11.5 Å². The molecule has 0 aliphatic carbocycles. The summed E-state index contributed by atoms with van der Waals surface area (Å²) >= 11 is 0. The molecule has 2 aromatic carbocycles. The lowest BCUT2D eigenvalue weighted by Crippen LogP contribution is -2.27. The van der Waals surface area contributed by atoms with Gasteiger partial charge in [-0.3, -0.25) is 9.00 Å². The molecule has 0 spiro atoms. The molecule has 1 amide bonds. The molecule has 0 aliphatic heterocycles. The first-order chi connectivity index (χ1) is 10.0. The normalized spacial score (nSPS) is 11.9. The maximum absolute atomic E-state index is 13.2. The fraction of sp³-hybridized carbons (Fsp3) is 0.133. The van der Waals surface area contributed by atoms with E-state index in [2.05, 4.69) is 5.32 Å². The van der Waals surface area contributed by atoms with E-state index in [0.29, 0.717) is 6.54 Å². The molecule has 1 atom stereocenters. The fourth-order valence-corrected chi connectivity index (χ4v) is 2.78. The van der Waals surface area contributed by atoms with Crippen molar-refractivity contribution in [2.45, 2.75) is 11.4 Å². The Kier molecular flexibility index (Phi) is 5.05. The van der Waals surface area contributed by atoms with Crippen LogP contribution in [0.1, 0.15) is 5.56 Å². The Morgan fingerprint density at radius 3 is 2.57 bits per heavy atom. The zero-order valence-electron chi connectivity index (χ0n) is 11.2. The van der Waals surface area contributed by atoms with E-state index in [-0.39, 0.29) is 22.2 Å². The molecule has 0 aromatic heterocycles. The standard InChI is InChI=1S/C15H15FN2O2S/c16-12-6-13(17)8-14(7-12)21(20)10-15(19)18-9-11-4-2-1-3-5-11/h1-8H,9-10,17H2,(H,18,19). The zero-order chi connectivity index (χ0) is 15.2. The van der Waals surface area contributed by atoms with Crippen LogP contribution in [0.2, 0.25) is 0 Å². The number of nitrogen functional groups attached to an aromatic ring is 1. The van der Waals surface area contributed by atoms with Gasteiger partial charge in [-0.1, -0.05) is 30.3 Å². The van der Waals surface area contributed by atoms with E-state index < -0.39 is 16.6 Å². The highest BCUT2D eigenvalue weighted by atomic mass is 32.2. The van der Waals surface area contributed by atoms with Crippen LogP contribution in [0.5, 0.6) is 0 Å². The van der Waals surface area contributed by atoms with Gasteiger partial charge in [0.15, 0.2) is 0 Å². The quantitative estimate of drug-likeness (QED) is 0.828. The molecule has 2 aromatic rings. The number of hydrogen-bond donors (Lipinski definition) is 2. The number of benzene rings is 2. The molecule has 110 valence electrons. The first-order valence-electron chi connectivity index (χ1n) is 6.29. The van der Waals surface area contributed by atoms with Gasteiger partial charge in [-0.2, -0.15) is 0 Å². The largest absolute Gasteiger partial charge is 0.399 e. The molecule has 0 aliphatic rings. The summed E-state index contributed by atoms with van der Waals surface area (Å²) in [6.45, 7) is 0.363. The van der Waals surface area contributed by atoms with Crippen LogP contribution < -0.4 is 11.1 Å². The Balaban J connectivity index is 1.91. The van der Waals surface area contributed by atoms with Gasteiger partial charge in [0.25, 0.3) is 0 Å². The highest BCUT2D eigenvalue weighted by molar-refractivity contribution is 7.85. The first kappa shape index (κ1) is 15.2. The van der Waals surface area contributed by atoms with Crippen LogP contribution in [-0.2, 0) is 22.1 Å². The Bertz CT molecular complexity index is 642. The number of nitrogens with two attached hydrogens (primary N) is 1. The lowest BCUT2D eigenvalue weighted by molar-refractivity contribution is -0.118. The molecule has 0 heterocycles. The van der Waals surface area contributed by atoms with Crippen LogP contribution in [-0.4, -0.2) is 15.9 Å². The highest BCUT2D eigenvalue weighted by Crippen LogP contribution is 2.14. The molecular formula is C15H15FN2O2S. The summed E-state index contributed by atoms with van der Waals surface area (Å²) in [5, 5.41) is 2.67. The number of carbonyl (C=O) groups is 1. The van der Waals surface area contributed by atoms with Crippen molar-refractivity contribution in [1.82, 2.24) is 5.32 Å². The molecule has 4 nitrogen and oxygen atoms in total. The summed E-state index contributed by atoms with van der Waals surface area (Å²) in [5.74, 6) is -1.15.